The number of ether oxygens (including phenoxy) is 1. The lowest BCUT2D eigenvalue weighted by molar-refractivity contribution is -0.115. The highest BCUT2D eigenvalue weighted by atomic mass is 16.5. The molecular weight excluding hydrogens is 388 g/mol. The molecule has 2 heterocycles. The number of hydrogen-bond donors (Lipinski definition) is 1. The van der Waals surface area contributed by atoms with Gasteiger partial charge in [0.15, 0.2) is 5.82 Å². The van der Waals surface area contributed by atoms with E-state index in [1.165, 1.54) is 12.8 Å². The van der Waals surface area contributed by atoms with E-state index in [9.17, 15) is 4.79 Å². The van der Waals surface area contributed by atoms with Crippen LogP contribution in [0.4, 0.5) is 11.5 Å². The Morgan fingerprint density at radius 3 is 2.45 bits per heavy atom. The zero-order valence-electron chi connectivity index (χ0n) is 18.0. The second kappa shape index (κ2) is 9.60. The Hall–Kier alpha value is -3.41. The summed E-state index contributed by atoms with van der Waals surface area (Å²) in [6.07, 6.45) is 2.66. The van der Waals surface area contributed by atoms with Crippen molar-refractivity contribution in [3.8, 4) is 17.0 Å². The largest absolute Gasteiger partial charge is 0.496 e. The van der Waals surface area contributed by atoms with Crippen LogP contribution >= 0.6 is 0 Å². The first-order valence-corrected chi connectivity index (χ1v) is 10.7. The molecule has 1 N–H and O–H groups in total. The van der Waals surface area contributed by atoms with Gasteiger partial charge in [-0.3, -0.25) is 4.79 Å². The van der Waals surface area contributed by atoms with Gasteiger partial charge in [-0.1, -0.05) is 37.3 Å². The molecule has 0 spiro atoms. The first-order chi connectivity index (χ1) is 15.1. The monoisotopic (exact) mass is 416 g/mol. The van der Waals surface area contributed by atoms with Gasteiger partial charge in [-0.05, 0) is 49.1 Å². The molecule has 4 rings (SSSR count). The predicted molar refractivity (Wildman–Crippen MR) is 123 cm³/mol. The lowest BCUT2D eigenvalue weighted by atomic mass is 9.99. The molecule has 1 aliphatic heterocycles. The van der Waals surface area contributed by atoms with Crippen LogP contribution in [0.25, 0.3) is 11.3 Å². The zero-order chi connectivity index (χ0) is 21.6. The van der Waals surface area contributed by atoms with Crippen molar-refractivity contribution in [2.45, 2.75) is 26.2 Å². The molecule has 1 aromatic heterocycles. The number of piperidine rings is 1. The summed E-state index contributed by atoms with van der Waals surface area (Å²) in [7, 11) is 1.61. The molecule has 1 saturated heterocycles. The summed E-state index contributed by atoms with van der Waals surface area (Å²) in [5.74, 6) is 2.36. The zero-order valence-corrected chi connectivity index (χ0v) is 18.0. The number of amides is 1. The summed E-state index contributed by atoms with van der Waals surface area (Å²) in [4.78, 5) is 14.7. The Bertz CT molecular complexity index is 1010. The standard InChI is InChI=1S/C25H28N4O2/c1-18-13-15-29(16-14-18)24-12-11-22(27-28-24)19-7-9-21(10-8-19)26-25(30)17-20-5-3-4-6-23(20)31-2/h3-12,18H,13-17H2,1-2H3,(H,26,30). The van der Waals surface area contributed by atoms with Crippen LogP contribution in [-0.4, -0.2) is 36.3 Å². The fourth-order valence-corrected chi connectivity index (χ4v) is 3.84. The number of anilines is 2. The Labute approximate surface area is 183 Å². The Morgan fingerprint density at radius 1 is 1.03 bits per heavy atom. The molecule has 3 aromatic rings. The van der Waals surface area contributed by atoms with Gasteiger partial charge >= 0.3 is 0 Å². The van der Waals surface area contributed by atoms with E-state index in [0.29, 0.717) is 5.75 Å². The second-order valence-corrected chi connectivity index (χ2v) is 8.06. The van der Waals surface area contributed by atoms with Crippen molar-refractivity contribution in [2.24, 2.45) is 5.92 Å². The van der Waals surface area contributed by atoms with E-state index in [4.69, 9.17) is 4.74 Å². The summed E-state index contributed by atoms with van der Waals surface area (Å²) >= 11 is 0. The maximum Gasteiger partial charge on any atom is 0.228 e. The van der Waals surface area contributed by atoms with Crippen molar-refractivity contribution in [1.29, 1.82) is 0 Å². The molecule has 0 aliphatic carbocycles. The third-order valence-electron chi connectivity index (χ3n) is 5.77. The van der Waals surface area contributed by atoms with Gasteiger partial charge in [0.1, 0.15) is 5.75 Å². The van der Waals surface area contributed by atoms with E-state index >= 15 is 0 Å². The van der Waals surface area contributed by atoms with Crippen LogP contribution in [-0.2, 0) is 11.2 Å². The molecule has 6 nitrogen and oxygen atoms in total. The summed E-state index contributed by atoms with van der Waals surface area (Å²) < 4.78 is 5.32. The van der Waals surface area contributed by atoms with Crippen LogP contribution in [0.3, 0.4) is 0 Å². The van der Waals surface area contributed by atoms with Gasteiger partial charge in [0.05, 0.1) is 19.2 Å². The van der Waals surface area contributed by atoms with Gasteiger partial charge in [-0.15, -0.1) is 10.2 Å². The number of methoxy groups -OCH3 is 1. The first kappa shape index (κ1) is 20.8. The number of nitrogens with zero attached hydrogens (tertiary/aromatic N) is 3. The van der Waals surface area contributed by atoms with E-state index in [2.05, 4.69) is 27.3 Å². The van der Waals surface area contributed by atoms with Crippen LogP contribution in [0.15, 0.2) is 60.7 Å². The van der Waals surface area contributed by atoms with Crippen LogP contribution < -0.4 is 15.0 Å². The minimum atomic E-state index is -0.0859. The van der Waals surface area contributed by atoms with Crippen LogP contribution in [0.1, 0.15) is 25.3 Å². The highest BCUT2D eigenvalue weighted by Crippen LogP contribution is 2.24. The topological polar surface area (TPSA) is 67.3 Å². The van der Waals surface area contributed by atoms with E-state index in [1.54, 1.807) is 7.11 Å². The van der Waals surface area contributed by atoms with Crippen molar-refractivity contribution >= 4 is 17.4 Å². The van der Waals surface area contributed by atoms with Crippen LogP contribution in [0, 0.1) is 5.92 Å². The third kappa shape index (κ3) is 5.20. The number of hydrogen-bond acceptors (Lipinski definition) is 5. The van der Waals surface area contributed by atoms with Gasteiger partial charge < -0.3 is 15.0 Å². The fraction of sp³-hybridized carbons (Fsp3) is 0.320. The van der Waals surface area contributed by atoms with Gasteiger partial charge in [0.25, 0.3) is 0 Å². The summed E-state index contributed by atoms with van der Waals surface area (Å²) in [6.45, 7) is 4.38. The summed E-state index contributed by atoms with van der Waals surface area (Å²) in [5.41, 5.74) is 3.39. The summed E-state index contributed by atoms with van der Waals surface area (Å²) in [6, 6.07) is 19.3. The molecule has 31 heavy (non-hydrogen) atoms. The highest BCUT2D eigenvalue weighted by molar-refractivity contribution is 5.92. The van der Waals surface area contributed by atoms with Gasteiger partial charge in [-0.2, -0.15) is 0 Å². The second-order valence-electron chi connectivity index (χ2n) is 8.06. The minimum absolute atomic E-state index is 0.0859. The number of benzene rings is 2. The molecule has 2 aromatic carbocycles. The lowest BCUT2D eigenvalue weighted by Crippen LogP contribution is -2.33. The maximum atomic E-state index is 12.4. The Morgan fingerprint density at radius 2 is 1.77 bits per heavy atom. The van der Waals surface area contributed by atoms with Gasteiger partial charge in [0, 0.05) is 29.9 Å². The maximum absolute atomic E-state index is 12.4. The van der Waals surface area contributed by atoms with E-state index in [-0.39, 0.29) is 12.3 Å². The average Bonchev–Trinajstić information content (AvgIpc) is 2.80. The van der Waals surface area contributed by atoms with Crippen molar-refractivity contribution in [3.05, 3.63) is 66.2 Å². The van der Waals surface area contributed by atoms with Gasteiger partial charge in [-0.25, -0.2) is 0 Å². The molecule has 1 amide bonds. The van der Waals surface area contributed by atoms with Gasteiger partial charge in [0.2, 0.25) is 5.91 Å². The normalized spacial score (nSPS) is 14.3. The lowest BCUT2D eigenvalue weighted by Gasteiger charge is -2.30. The average molecular weight is 417 g/mol. The van der Waals surface area contributed by atoms with E-state index < -0.39 is 0 Å². The Balaban J connectivity index is 1.37. The fourth-order valence-electron chi connectivity index (χ4n) is 3.84. The smallest absolute Gasteiger partial charge is 0.228 e. The van der Waals surface area contributed by atoms with Crippen molar-refractivity contribution < 1.29 is 9.53 Å². The molecule has 0 atom stereocenters. The third-order valence-corrected chi connectivity index (χ3v) is 5.77. The SMILES string of the molecule is COc1ccccc1CC(=O)Nc1ccc(-c2ccc(N3CCC(C)CC3)nn2)cc1. The number of rotatable bonds is 6. The molecule has 0 radical (unpaired) electrons. The number of aromatic nitrogens is 2. The number of carbonyl (C=O) groups is 1. The van der Waals surface area contributed by atoms with Crippen molar-refractivity contribution in [2.75, 3.05) is 30.4 Å². The van der Waals surface area contributed by atoms with E-state index in [0.717, 1.165) is 47.3 Å². The molecule has 1 fully saturated rings. The Kier molecular flexibility index (Phi) is 6.46. The molecule has 0 saturated carbocycles. The molecule has 160 valence electrons. The quantitative estimate of drug-likeness (QED) is 0.638. The molecule has 0 bridgehead atoms. The number of para-hydroxylation sites is 1. The number of carbonyl (C=O) groups excluding carboxylic acids is 1. The molecular formula is C25H28N4O2. The highest BCUT2D eigenvalue weighted by Gasteiger charge is 2.17. The summed E-state index contributed by atoms with van der Waals surface area (Å²) in [5, 5.41) is 11.8. The van der Waals surface area contributed by atoms with E-state index in [1.807, 2.05) is 60.7 Å². The molecule has 6 heteroatoms. The molecule has 0 unspecified atom stereocenters. The number of nitrogens with one attached hydrogen (secondary N) is 1. The van der Waals surface area contributed by atoms with Crippen molar-refractivity contribution in [1.82, 2.24) is 10.2 Å². The van der Waals surface area contributed by atoms with Crippen LogP contribution in [0.5, 0.6) is 5.75 Å². The minimum Gasteiger partial charge on any atom is -0.496 e. The first-order valence-electron chi connectivity index (χ1n) is 10.7. The molecule has 1 aliphatic rings. The predicted octanol–water partition coefficient (Wildman–Crippen LogP) is 4.57. The van der Waals surface area contributed by atoms with Crippen LogP contribution in [0.2, 0.25) is 0 Å². The van der Waals surface area contributed by atoms with Crippen molar-refractivity contribution in [3.63, 3.8) is 0 Å².